The summed E-state index contributed by atoms with van der Waals surface area (Å²) in [6.07, 6.45) is 5.32. The summed E-state index contributed by atoms with van der Waals surface area (Å²) in [7, 11) is 0. The Labute approximate surface area is 219 Å². The molecule has 9 heteroatoms. The number of unbranched alkanes of at least 4 members (excludes halogenated alkanes) is 2. The predicted octanol–water partition coefficient (Wildman–Crippen LogP) is 4.62. The van der Waals surface area contributed by atoms with E-state index in [1.54, 1.807) is 49.6 Å². The molecule has 0 bridgehead atoms. The monoisotopic (exact) mass is 521 g/mol. The number of rotatable bonds is 13. The Balaban J connectivity index is 2.41. The number of nitrogens with one attached hydrogen (secondary N) is 2. The van der Waals surface area contributed by atoms with Crippen molar-refractivity contribution in [3.05, 3.63) is 29.8 Å². The standard InChI is InChI=1S/C27H43N3O5S/c1-7-8-9-14-28-24(32)23(19-11-10-12-20(31)17-19)30(22-16-18(22)2)25(33)21(13-15-36-6)29-26(34)35-27(3,4)5/h10-12,17-18,21-23,31H,7-9,13-16H2,1-6H3,(H,28,32)(H,29,34). The minimum Gasteiger partial charge on any atom is -0.508 e. The average molecular weight is 522 g/mol. The number of ether oxygens (including phenoxy) is 1. The molecule has 4 unspecified atom stereocenters. The van der Waals surface area contributed by atoms with Gasteiger partial charge in [0.05, 0.1) is 0 Å². The van der Waals surface area contributed by atoms with Crippen LogP contribution in [0.3, 0.4) is 0 Å². The SMILES string of the molecule is CCCCCNC(=O)C(c1cccc(O)c1)N(C(=O)C(CCSC)NC(=O)OC(C)(C)C)C1CC1C. The lowest BCUT2D eigenvalue weighted by Gasteiger charge is -2.35. The van der Waals surface area contributed by atoms with Crippen LogP contribution in [0.15, 0.2) is 24.3 Å². The van der Waals surface area contributed by atoms with Gasteiger partial charge in [0, 0.05) is 12.6 Å². The van der Waals surface area contributed by atoms with Crippen LogP contribution in [0.4, 0.5) is 4.79 Å². The summed E-state index contributed by atoms with van der Waals surface area (Å²) < 4.78 is 5.42. The van der Waals surface area contributed by atoms with Crippen molar-refractivity contribution in [2.75, 3.05) is 18.6 Å². The molecule has 202 valence electrons. The number of thioether (sulfide) groups is 1. The van der Waals surface area contributed by atoms with Crippen molar-refractivity contribution in [2.45, 2.75) is 90.4 Å². The topological polar surface area (TPSA) is 108 Å². The highest BCUT2D eigenvalue weighted by Crippen LogP contribution is 2.41. The van der Waals surface area contributed by atoms with E-state index in [0.29, 0.717) is 24.3 Å². The zero-order chi connectivity index (χ0) is 26.9. The molecule has 4 atom stereocenters. The van der Waals surface area contributed by atoms with E-state index >= 15 is 0 Å². The Morgan fingerprint density at radius 1 is 1.25 bits per heavy atom. The first kappa shape index (κ1) is 29.8. The van der Waals surface area contributed by atoms with Crippen molar-refractivity contribution in [1.29, 1.82) is 0 Å². The Bertz CT molecular complexity index is 888. The van der Waals surface area contributed by atoms with Gasteiger partial charge in [-0.15, -0.1) is 0 Å². The molecule has 0 aliphatic heterocycles. The van der Waals surface area contributed by atoms with Crippen molar-refractivity contribution < 1.29 is 24.2 Å². The van der Waals surface area contributed by atoms with E-state index in [-0.39, 0.29) is 29.5 Å². The van der Waals surface area contributed by atoms with E-state index in [2.05, 4.69) is 17.6 Å². The number of carbonyl (C=O) groups excluding carboxylic acids is 3. The van der Waals surface area contributed by atoms with E-state index in [4.69, 9.17) is 4.74 Å². The minimum atomic E-state index is -0.918. The third-order valence-electron chi connectivity index (χ3n) is 6.07. The van der Waals surface area contributed by atoms with Crippen molar-refractivity contribution >= 4 is 29.7 Å². The van der Waals surface area contributed by atoms with Gasteiger partial charge in [0.25, 0.3) is 0 Å². The highest BCUT2D eigenvalue weighted by Gasteiger charge is 2.48. The van der Waals surface area contributed by atoms with Crippen LogP contribution in [0.2, 0.25) is 0 Å². The highest BCUT2D eigenvalue weighted by molar-refractivity contribution is 7.98. The van der Waals surface area contributed by atoms with Crippen LogP contribution in [0.1, 0.15) is 78.3 Å². The van der Waals surface area contributed by atoms with Crippen molar-refractivity contribution in [2.24, 2.45) is 5.92 Å². The first-order valence-corrected chi connectivity index (χ1v) is 14.2. The fourth-order valence-electron chi connectivity index (χ4n) is 4.11. The molecular weight excluding hydrogens is 478 g/mol. The Kier molecular flexibility index (Phi) is 11.4. The van der Waals surface area contributed by atoms with E-state index in [9.17, 15) is 19.5 Å². The highest BCUT2D eigenvalue weighted by atomic mass is 32.2. The third-order valence-corrected chi connectivity index (χ3v) is 6.71. The van der Waals surface area contributed by atoms with Crippen LogP contribution >= 0.6 is 11.8 Å². The molecule has 1 aromatic carbocycles. The third kappa shape index (κ3) is 9.22. The molecule has 3 amide bonds. The lowest BCUT2D eigenvalue weighted by atomic mass is 10.0. The maximum absolute atomic E-state index is 14.1. The molecule has 3 N–H and O–H groups in total. The van der Waals surface area contributed by atoms with Gasteiger partial charge in [0.15, 0.2) is 0 Å². The van der Waals surface area contributed by atoms with Crippen molar-refractivity contribution in [3.63, 3.8) is 0 Å². The predicted molar refractivity (Wildman–Crippen MR) is 144 cm³/mol. The number of nitrogens with zero attached hydrogens (tertiary/aromatic N) is 1. The molecule has 36 heavy (non-hydrogen) atoms. The number of benzene rings is 1. The summed E-state index contributed by atoms with van der Waals surface area (Å²) >= 11 is 1.58. The van der Waals surface area contributed by atoms with Gasteiger partial charge in [0.1, 0.15) is 23.4 Å². The number of aromatic hydroxyl groups is 1. The minimum absolute atomic E-state index is 0.0262. The van der Waals surface area contributed by atoms with Gasteiger partial charge >= 0.3 is 6.09 Å². The van der Waals surface area contributed by atoms with E-state index in [1.165, 1.54) is 12.1 Å². The summed E-state index contributed by atoms with van der Waals surface area (Å²) in [4.78, 5) is 41.8. The van der Waals surface area contributed by atoms with Gasteiger partial charge in [-0.2, -0.15) is 11.8 Å². The lowest BCUT2D eigenvalue weighted by Crippen LogP contribution is -2.54. The number of hydrogen-bond acceptors (Lipinski definition) is 6. The fraction of sp³-hybridized carbons (Fsp3) is 0.667. The largest absolute Gasteiger partial charge is 0.508 e. The lowest BCUT2D eigenvalue weighted by molar-refractivity contribution is -0.143. The Morgan fingerprint density at radius 3 is 2.50 bits per heavy atom. The Morgan fingerprint density at radius 2 is 1.94 bits per heavy atom. The molecule has 0 saturated heterocycles. The first-order valence-electron chi connectivity index (χ1n) is 12.9. The molecule has 8 nitrogen and oxygen atoms in total. The van der Waals surface area contributed by atoms with Crippen LogP contribution in [-0.4, -0.2) is 64.2 Å². The van der Waals surface area contributed by atoms with Gasteiger partial charge in [-0.05, 0) is 75.7 Å². The molecule has 2 rings (SSSR count). The number of amides is 3. The molecule has 0 aromatic heterocycles. The molecule has 1 aliphatic carbocycles. The van der Waals surface area contributed by atoms with E-state index in [1.807, 2.05) is 13.2 Å². The number of phenols is 1. The molecule has 1 aromatic rings. The van der Waals surface area contributed by atoms with Gasteiger partial charge in [-0.1, -0.05) is 38.8 Å². The second kappa shape index (κ2) is 13.8. The van der Waals surface area contributed by atoms with Crippen LogP contribution in [0.5, 0.6) is 5.75 Å². The quantitative estimate of drug-likeness (QED) is 0.327. The molecule has 0 radical (unpaired) electrons. The van der Waals surface area contributed by atoms with Crippen molar-refractivity contribution in [1.82, 2.24) is 15.5 Å². The van der Waals surface area contributed by atoms with Crippen LogP contribution < -0.4 is 10.6 Å². The maximum Gasteiger partial charge on any atom is 0.408 e. The smallest absolute Gasteiger partial charge is 0.408 e. The van der Waals surface area contributed by atoms with Crippen LogP contribution in [-0.2, 0) is 14.3 Å². The van der Waals surface area contributed by atoms with Crippen molar-refractivity contribution in [3.8, 4) is 5.75 Å². The van der Waals surface area contributed by atoms with E-state index < -0.39 is 23.8 Å². The Hall–Kier alpha value is -2.42. The first-order chi connectivity index (χ1) is 17.0. The summed E-state index contributed by atoms with van der Waals surface area (Å²) in [6.45, 7) is 9.95. The van der Waals surface area contributed by atoms with Crippen LogP contribution in [0, 0.1) is 5.92 Å². The molecule has 1 fully saturated rings. The molecule has 0 spiro atoms. The number of hydrogen-bond donors (Lipinski definition) is 3. The summed E-state index contributed by atoms with van der Waals surface area (Å²) in [5, 5.41) is 15.9. The summed E-state index contributed by atoms with van der Waals surface area (Å²) in [5.41, 5.74) is -0.166. The molecule has 0 heterocycles. The zero-order valence-corrected chi connectivity index (χ0v) is 23.3. The number of phenolic OH excluding ortho intramolecular Hbond substituents is 1. The van der Waals surface area contributed by atoms with E-state index in [0.717, 1.165) is 25.7 Å². The number of alkyl carbamates (subject to hydrolysis) is 1. The fourth-order valence-corrected chi connectivity index (χ4v) is 4.58. The van der Waals surface area contributed by atoms with Crippen LogP contribution in [0.25, 0.3) is 0 Å². The molecular formula is C27H43N3O5S. The van der Waals surface area contributed by atoms with Gasteiger partial charge < -0.3 is 25.4 Å². The van der Waals surface area contributed by atoms with Gasteiger partial charge in [-0.25, -0.2) is 4.79 Å². The molecule has 1 aliphatic rings. The second-order valence-electron chi connectivity index (χ2n) is 10.5. The zero-order valence-electron chi connectivity index (χ0n) is 22.5. The average Bonchev–Trinajstić information content (AvgIpc) is 3.51. The summed E-state index contributed by atoms with van der Waals surface area (Å²) in [5.74, 6) is 0.300. The molecule has 1 saturated carbocycles. The maximum atomic E-state index is 14.1. The summed E-state index contributed by atoms with van der Waals surface area (Å²) in [6, 6.07) is 4.60. The van der Waals surface area contributed by atoms with Gasteiger partial charge in [-0.3, -0.25) is 9.59 Å². The number of carbonyl (C=O) groups is 3. The second-order valence-corrected chi connectivity index (χ2v) is 11.5. The van der Waals surface area contributed by atoms with Gasteiger partial charge in [0.2, 0.25) is 11.8 Å². The normalized spacial score (nSPS) is 18.6.